The molecule has 576 valence electrons. The molecule has 0 aromatic rings. The maximum absolute atomic E-state index is 13.1. The van der Waals surface area contributed by atoms with E-state index in [1.54, 1.807) is 0 Å². The average Bonchev–Trinajstić information content (AvgIpc) is 1.80. The standard InChI is InChI=1S/C78H152O17P2/c1-7-9-11-13-15-17-19-20-21-22-23-24-25-26-27-32-35-39-43-51-57-63-78(83)94-73(66-88-75(80)60-54-48-41-38-34-31-29-28-30-33-36-40-46-52-58-70(3)4)68-92-96(84,85)90-64-72(79)65-91-97(86,87)93-69-74(67-89-76(81)61-55-49-45-44-47-53-59-71(5)6)95-77(82)62-56-50-42-37-18-16-14-12-10-8-2/h70-74,79H,7-69H2,1-6H3,(H,84,85)(H,86,87)/t72-,73-,74-/m1/s1. The van der Waals surface area contributed by atoms with E-state index in [4.69, 9.17) is 37.0 Å². The van der Waals surface area contributed by atoms with Crippen molar-refractivity contribution in [3.63, 3.8) is 0 Å². The minimum atomic E-state index is -4.96. The summed E-state index contributed by atoms with van der Waals surface area (Å²) in [6.45, 7) is 9.53. The van der Waals surface area contributed by atoms with E-state index in [1.807, 2.05) is 0 Å². The lowest BCUT2D eigenvalue weighted by molar-refractivity contribution is -0.161. The summed E-state index contributed by atoms with van der Waals surface area (Å²) in [5.41, 5.74) is 0. The van der Waals surface area contributed by atoms with Gasteiger partial charge in [0.2, 0.25) is 0 Å². The first-order valence-corrected chi connectivity index (χ1v) is 43.5. The lowest BCUT2D eigenvalue weighted by atomic mass is 10.0. The predicted molar refractivity (Wildman–Crippen MR) is 395 cm³/mol. The van der Waals surface area contributed by atoms with Crippen LogP contribution in [0, 0.1) is 11.8 Å². The topological polar surface area (TPSA) is 237 Å². The van der Waals surface area contributed by atoms with Gasteiger partial charge in [0.15, 0.2) is 12.2 Å². The third-order valence-electron chi connectivity index (χ3n) is 18.2. The average molecular weight is 1420 g/mol. The van der Waals surface area contributed by atoms with Crippen LogP contribution in [-0.2, 0) is 65.4 Å². The number of ether oxygens (including phenoxy) is 4. The minimum absolute atomic E-state index is 0.106. The van der Waals surface area contributed by atoms with Gasteiger partial charge in [0.05, 0.1) is 26.4 Å². The van der Waals surface area contributed by atoms with Crippen LogP contribution < -0.4 is 0 Å². The Hall–Kier alpha value is -1.94. The van der Waals surface area contributed by atoms with Gasteiger partial charge in [-0.1, -0.05) is 356 Å². The van der Waals surface area contributed by atoms with Crippen molar-refractivity contribution in [3.8, 4) is 0 Å². The van der Waals surface area contributed by atoms with Crippen LogP contribution in [-0.4, -0.2) is 96.7 Å². The number of aliphatic hydroxyl groups is 1. The zero-order valence-electron chi connectivity index (χ0n) is 63.4. The summed E-state index contributed by atoms with van der Waals surface area (Å²) in [4.78, 5) is 72.8. The second-order valence-electron chi connectivity index (χ2n) is 29.1. The zero-order valence-corrected chi connectivity index (χ0v) is 65.2. The number of hydrogen-bond donors (Lipinski definition) is 3. The fraction of sp³-hybridized carbons (Fsp3) is 0.949. The molecule has 0 rings (SSSR count). The van der Waals surface area contributed by atoms with Gasteiger partial charge in [-0.3, -0.25) is 37.3 Å². The van der Waals surface area contributed by atoms with Gasteiger partial charge < -0.3 is 33.8 Å². The van der Waals surface area contributed by atoms with E-state index in [1.165, 1.54) is 218 Å². The Morgan fingerprint density at radius 3 is 0.701 bits per heavy atom. The van der Waals surface area contributed by atoms with Crippen LogP contribution in [0.15, 0.2) is 0 Å². The van der Waals surface area contributed by atoms with E-state index >= 15 is 0 Å². The highest BCUT2D eigenvalue weighted by molar-refractivity contribution is 7.47. The first kappa shape index (κ1) is 95.1. The number of carbonyl (C=O) groups is 4. The van der Waals surface area contributed by atoms with Crippen molar-refractivity contribution in [1.82, 2.24) is 0 Å². The summed E-state index contributed by atoms with van der Waals surface area (Å²) in [6, 6.07) is 0. The van der Waals surface area contributed by atoms with E-state index in [0.717, 1.165) is 102 Å². The normalized spacial score (nSPS) is 14.0. The molecule has 0 heterocycles. The molecule has 0 bridgehead atoms. The summed E-state index contributed by atoms with van der Waals surface area (Å²) >= 11 is 0. The molecule has 0 radical (unpaired) electrons. The van der Waals surface area contributed by atoms with Gasteiger partial charge in [-0.25, -0.2) is 9.13 Å². The van der Waals surface area contributed by atoms with Gasteiger partial charge in [0.25, 0.3) is 0 Å². The monoisotopic (exact) mass is 1420 g/mol. The Bertz CT molecular complexity index is 1870. The Balaban J connectivity index is 5.18. The molecule has 0 amide bonds. The van der Waals surface area contributed by atoms with Crippen LogP contribution in [0.5, 0.6) is 0 Å². The molecule has 0 aliphatic carbocycles. The fourth-order valence-corrected chi connectivity index (χ4v) is 13.6. The SMILES string of the molecule is CCCCCCCCCCCCCCCCCCCCCCCC(=O)O[C@H](COC(=O)CCCCCCCCCCCCCCCCC(C)C)COP(=O)(O)OC[C@@H](O)COP(=O)(O)OC[C@@H](COC(=O)CCCCCCCCC(C)C)OC(=O)CCCCCCCCCCCC. The van der Waals surface area contributed by atoms with E-state index in [0.29, 0.717) is 31.6 Å². The second-order valence-corrected chi connectivity index (χ2v) is 32.0. The molecule has 0 aromatic carbocycles. The first-order chi connectivity index (χ1) is 46.9. The van der Waals surface area contributed by atoms with Crippen LogP contribution in [0.1, 0.15) is 408 Å². The predicted octanol–water partition coefficient (Wildman–Crippen LogP) is 23.1. The molecule has 0 saturated heterocycles. The number of hydrogen-bond acceptors (Lipinski definition) is 15. The van der Waals surface area contributed by atoms with E-state index < -0.39 is 97.5 Å². The molecule has 0 aliphatic rings. The molecule has 0 spiro atoms. The van der Waals surface area contributed by atoms with E-state index in [2.05, 4.69) is 41.5 Å². The highest BCUT2D eigenvalue weighted by Gasteiger charge is 2.30. The van der Waals surface area contributed by atoms with Gasteiger partial charge in [-0.15, -0.1) is 0 Å². The van der Waals surface area contributed by atoms with Crippen LogP contribution in [0.25, 0.3) is 0 Å². The molecule has 0 fully saturated rings. The molecule has 0 saturated carbocycles. The number of esters is 4. The smallest absolute Gasteiger partial charge is 0.462 e. The molecule has 19 heteroatoms. The number of aliphatic hydroxyl groups excluding tert-OH is 1. The van der Waals surface area contributed by atoms with E-state index in [-0.39, 0.29) is 25.7 Å². The van der Waals surface area contributed by atoms with Crippen LogP contribution in [0.4, 0.5) is 0 Å². The quantitative estimate of drug-likeness (QED) is 0.0222. The largest absolute Gasteiger partial charge is 0.472 e. The summed E-state index contributed by atoms with van der Waals surface area (Å²) in [5, 5.41) is 10.6. The van der Waals surface area contributed by atoms with Gasteiger partial charge in [0.1, 0.15) is 19.3 Å². The molecular weight excluding hydrogens is 1270 g/mol. The molecule has 97 heavy (non-hydrogen) atoms. The van der Waals surface area contributed by atoms with Crippen molar-refractivity contribution in [2.45, 2.75) is 426 Å². The Labute approximate surface area is 594 Å². The number of rotatable bonds is 77. The molecule has 3 N–H and O–H groups in total. The Morgan fingerprint density at radius 2 is 0.474 bits per heavy atom. The van der Waals surface area contributed by atoms with Gasteiger partial charge in [0, 0.05) is 25.7 Å². The maximum Gasteiger partial charge on any atom is 0.472 e. The highest BCUT2D eigenvalue weighted by Crippen LogP contribution is 2.45. The summed E-state index contributed by atoms with van der Waals surface area (Å²) in [5.74, 6) is -0.638. The third kappa shape index (κ3) is 72.2. The summed E-state index contributed by atoms with van der Waals surface area (Å²) in [7, 11) is -9.91. The second kappa shape index (κ2) is 69.8. The van der Waals surface area contributed by atoms with Crippen molar-refractivity contribution in [2.75, 3.05) is 39.6 Å². The highest BCUT2D eigenvalue weighted by atomic mass is 31.2. The number of unbranched alkanes of at least 4 members (excludes halogenated alkanes) is 47. The fourth-order valence-electron chi connectivity index (χ4n) is 12.0. The molecule has 0 aromatic heterocycles. The molecule has 5 atom stereocenters. The van der Waals surface area contributed by atoms with Crippen molar-refractivity contribution in [3.05, 3.63) is 0 Å². The van der Waals surface area contributed by atoms with Crippen molar-refractivity contribution < 1.29 is 80.2 Å². The lowest BCUT2D eigenvalue weighted by Gasteiger charge is -2.21. The zero-order chi connectivity index (χ0) is 71.4. The van der Waals surface area contributed by atoms with Gasteiger partial charge >= 0.3 is 39.5 Å². The summed E-state index contributed by atoms with van der Waals surface area (Å²) < 4.78 is 68.5. The van der Waals surface area contributed by atoms with Crippen LogP contribution in [0.3, 0.4) is 0 Å². The van der Waals surface area contributed by atoms with Crippen molar-refractivity contribution in [1.29, 1.82) is 0 Å². The Morgan fingerprint density at radius 1 is 0.278 bits per heavy atom. The Kier molecular flexibility index (Phi) is 68.4. The van der Waals surface area contributed by atoms with Gasteiger partial charge in [-0.2, -0.15) is 0 Å². The van der Waals surface area contributed by atoms with Crippen molar-refractivity contribution >= 4 is 39.5 Å². The van der Waals surface area contributed by atoms with Crippen LogP contribution >= 0.6 is 15.6 Å². The van der Waals surface area contributed by atoms with Crippen molar-refractivity contribution in [2.24, 2.45) is 11.8 Å². The maximum atomic E-state index is 13.1. The molecular formula is C78H152O17P2. The van der Waals surface area contributed by atoms with Gasteiger partial charge in [-0.05, 0) is 37.5 Å². The molecule has 17 nitrogen and oxygen atoms in total. The lowest BCUT2D eigenvalue weighted by Crippen LogP contribution is -2.30. The molecule has 0 aliphatic heterocycles. The number of carbonyl (C=O) groups excluding carboxylic acids is 4. The summed E-state index contributed by atoms with van der Waals surface area (Å²) in [6.07, 6.45) is 58.6. The third-order valence-corrected chi connectivity index (χ3v) is 20.1. The minimum Gasteiger partial charge on any atom is -0.462 e. The number of phosphoric acid groups is 2. The van der Waals surface area contributed by atoms with E-state index in [9.17, 15) is 43.2 Å². The number of phosphoric ester groups is 2. The first-order valence-electron chi connectivity index (χ1n) is 40.5. The van der Waals surface area contributed by atoms with Crippen LogP contribution in [0.2, 0.25) is 0 Å². The molecule has 2 unspecified atom stereocenters.